The zero-order valence-corrected chi connectivity index (χ0v) is 10.3. The van der Waals surface area contributed by atoms with Crippen molar-refractivity contribution in [3.05, 3.63) is 12.4 Å². The monoisotopic (exact) mass is 261 g/mol. The molecule has 0 fully saturated rings. The van der Waals surface area contributed by atoms with Crippen molar-refractivity contribution in [3.8, 4) is 0 Å². The van der Waals surface area contributed by atoms with Gasteiger partial charge in [-0.25, -0.2) is 8.42 Å². The van der Waals surface area contributed by atoms with Crippen molar-refractivity contribution in [1.29, 1.82) is 0 Å². The van der Waals surface area contributed by atoms with E-state index < -0.39 is 15.6 Å². The molecule has 8 nitrogen and oxygen atoms in total. The van der Waals surface area contributed by atoms with Crippen LogP contribution in [0.15, 0.2) is 22.4 Å². The van der Waals surface area contributed by atoms with E-state index in [1.807, 2.05) is 0 Å². The van der Waals surface area contributed by atoms with Crippen LogP contribution in [0.4, 0.5) is 0 Å². The minimum absolute atomic E-state index is 0.0112. The number of nitrogens with two attached hydrogens (primary N) is 1. The van der Waals surface area contributed by atoms with Crippen LogP contribution in [-0.4, -0.2) is 35.2 Å². The molecule has 5 N–H and O–H groups in total. The van der Waals surface area contributed by atoms with Crippen LogP contribution < -0.4 is 10.5 Å². The van der Waals surface area contributed by atoms with Gasteiger partial charge in [0.2, 0.25) is 10.0 Å². The maximum absolute atomic E-state index is 11.9. The molecule has 1 aromatic heterocycles. The Bertz CT molecular complexity index is 495. The summed E-state index contributed by atoms with van der Waals surface area (Å²) in [6.45, 7) is 3.25. The largest absolute Gasteiger partial charge is 0.409 e. The van der Waals surface area contributed by atoms with Gasteiger partial charge in [0.05, 0.1) is 11.7 Å². The molecule has 96 valence electrons. The van der Waals surface area contributed by atoms with Crippen molar-refractivity contribution in [3.63, 3.8) is 0 Å². The molecule has 0 aliphatic heterocycles. The highest BCUT2D eigenvalue weighted by molar-refractivity contribution is 7.89. The standard InChI is InChI=1S/C8H15N5O3S/c1-3-8(2,7(9)12-14)13-17(15,16)6-4-10-11-5-6/h4-5,13-14H,3H2,1-2H3,(H2,9,12)(H,10,11). The van der Waals surface area contributed by atoms with Gasteiger partial charge in [-0.05, 0) is 13.3 Å². The van der Waals surface area contributed by atoms with Crippen molar-refractivity contribution >= 4 is 15.9 Å². The summed E-state index contributed by atoms with van der Waals surface area (Å²) >= 11 is 0. The Morgan fingerprint density at radius 2 is 2.41 bits per heavy atom. The Hall–Kier alpha value is -1.61. The molecule has 1 heterocycles. The fraction of sp³-hybridized carbons (Fsp3) is 0.500. The molecule has 0 bridgehead atoms. The van der Waals surface area contributed by atoms with Gasteiger partial charge in [-0.3, -0.25) is 5.10 Å². The van der Waals surface area contributed by atoms with Gasteiger partial charge in [0.25, 0.3) is 0 Å². The summed E-state index contributed by atoms with van der Waals surface area (Å²) in [5.41, 5.74) is 4.32. The van der Waals surface area contributed by atoms with Gasteiger partial charge >= 0.3 is 0 Å². The fourth-order valence-corrected chi connectivity index (χ4v) is 2.52. The summed E-state index contributed by atoms with van der Waals surface area (Å²) in [5, 5.41) is 17.4. The molecular formula is C8H15N5O3S. The van der Waals surface area contributed by atoms with E-state index in [1.165, 1.54) is 19.3 Å². The molecular weight excluding hydrogens is 246 g/mol. The lowest BCUT2D eigenvalue weighted by atomic mass is 10.00. The third kappa shape index (κ3) is 2.74. The number of H-pyrrole nitrogens is 1. The predicted octanol–water partition coefficient (Wildman–Crippen LogP) is -0.397. The van der Waals surface area contributed by atoms with E-state index in [0.29, 0.717) is 6.42 Å². The minimum atomic E-state index is -3.76. The number of oxime groups is 1. The van der Waals surface area contributed by atoms with Gasteiger partial charge in [0.15, 0.2) is 5.84 Å². The van der Waals surface area contributed by atoms with Crippen LogP contribution in [0.2, 0.25) is 0 Å². The first kappa shape index (κ1) is 13.5. The first-order chi connectivity index (χ1) is 7.85. The number of hydrogen-bond acceptors (Lipinski definition) is 5. The SMILES string of the molecule is CCC(C)(NS(=O)(=O)c1cn[nH]c1)/C(N)=N/O. The van der Waals surface area contributed by atoms with E-state index in [9.17, 15) is 8.42 Å². The molecule has 1 rings (SSSR count). The summed E-state index contributed by atoms with van der Waals surface area (Å²) in [6, 6.07) is 0. The van der Waals surface area contributed by atoms with Crippen LogP contribution in [0.25, 0.3) is 0 Å². The van der Waals surface area contributed by atoms with Gasteiger partial charge in [-0.15, -0.1) is 0 Å². The molecule has 0 saturated heterocycles. The van der Waals surface area contributed by atoms with Crippen molar-refractivity contribution in [2.75, 3.05) is 0 Å². The van der Waals surface area contributed by atoms with Gasteiger partial charge in [0.1, 0.15) is 4.90 Å². The van der Waals surface area contributed by atoms with Crippen LogP contribution in [0, 0.1) is 0 Å². The second kappa shape index (κ2) is 4.72. The molecule has 0 aliphatic rings. The number of nitrogens with zero attached hydrogens (tertiary/aromatic N) is 2. The molecule has 1 unspecified atom stereocenters. The summed E-state index contributed by atoms with van der Waals surface area (Å²) in [5.74, 6) is -0.202. The van der Waals surface area contributed by atoms with E-state index in [1.54, 1.807) is 6.92 Å². The molecule has 0 amide bonds. The van der Waals surface area contributed by atoms with Crippen molar-refractivity contribution in [2.24, 2.45) is 10.9 Å². The van der Waals surface area contributed by atoms with Crippen molar-refractivity contribution in [1.82, 2.24) is 14.9 Å². The first-order valence-electron chi connectivity index (χ1n) is 4.86. The predicted molar refractivity (Wildman–Crippen MR) is 61.0 cm³/mol. The fourth-order valence-electron chi connectivity index (χ4n) is 1.16. The van der Waals surface area contributed by atoms with Gasteiger partial charge in [-0.2, -0.15) is 9.82 Å². The normalized spacial score (nSPS) is 16.7. The molecule has 1 atom stereocenters. The lowest BCUT2D eigenvalue weighted by Crippen LogP contribution is -2.54. The summed E-state index contributed by atoms with van der Waals surface area (Å²) in [6.07, 6.45) is 2.75. The number of nitrogens with one attached hydrogen (secondary N) is 2. The zero-order valence-electron chi connectivity index (χ0n) is 9.51. The Morgan fingerprint density at radius 3 is 2.82 bits per heavy atom. The van der Waals surface area contributed by atoms with E-state index in [4.69, 9.17) is 10.9 Å². The van der Waals surface area contributed by atoms with E-state index in [-0.39, 0.29) is 10.7 Å². The quantitative estimate of drug-likeness (QED) is 0.248. The highest BCUT2D eigenvalue weighted by atomic mass is 32.2. The second-order valence-electron chi connectivity index (χ2n) is 3.71. The summed E-state index contributed by atoms with van der Waals surface area (Å²) in [4.78, 5) is -0.0112. The maximum Gasteiger partial charge on any atom is 0.244 e. The van der Waals surface area contributed by atoms with Gasteiger partial charge < -0.3 is 10.9 Å². The maximum atomic E-state index is 11.9. The van der Waals surface area contributed by atoms with Crippen LogP contribution >= 0.6 is 0 Å². The van der Waals surface area contributed by atoms with Crippen LogP contribution in [-0.2, 0) is 10.0 Å². The number of aromatic amines is 1. The average Bonchev–Trinajstić information content (AvgIpc) is 2.81. The van der Waals surface area contributed by atoms with Crippen LogP contribution in [0.1, 0.15) is 20.3 Å². The molecule has 0 aliphatic carbocycles. The zero-order chi connectivity index (χ0) is 13.1. The van der Waals surface area contributed by atoms with Crippen molar-refractivity contribution < 1.29 is 13.6 Å². The molecule has 0 radical (unpaired) electrons. The Balaban J connectivity index is 3.05. The molecule has 0 aromatic carbocycles. The Labute approximate surface area is 98.9 Å². The Kier molecular flexibility index (Phi) is 3.73. The number of amidine groups is 1. The van der Waals surface area contributed by atoms with Crippen molar-refractivity contribution in [2.45, 2.75) is 30.7 Å². The summed E-state index contributed by atoms with van der Waals surface area (Å²) < 4.78 is 26.2. The van der Waals surface area contributed by atoms with Crippen LogP contribution in [0.5, 0.6) is 0 Å². The first-order valence-corrected chi connectivity index (χ1v) is 6.35. The van der Waals surface area contributed by atoms with E-state index in [0.717, 1.165) is 0 Å². The number of rotatable bonds is 5. The summed E-state index contributed by atoms with van der Waals surface area (Å²) in [7, 11) is -3.76. The second-order valence-corrected chi connectivity index (χ2v) is 5.39. The number of hydrogen-bond donors (Lipinski definition) is 4. The number of sulfonamides is 1. The third-order valence-electron chi connectivity index (χ3n) is 2.52. The van der Waals surface area contributed by atoms with Gasteiger partial charge in [-0.1, -0.05) is 12.1 Å². The molecule has 0 spiro atoms. The highest BCUT2D eigenvalue weighted by Gasteiger charge is 2.33. The van der Waals surface area contributed by atoms with Gasteiger partial charge in [0, 0.05) is 6.20 Å². The molecule has 9 heteroatoms. The topological polar surface area (TPSA) is 133 Å². The average molecular weight is 261 g/mol. The lowest BCUT2D eigenvalue weighted by Gasteiger charge is -2.27. The molecule has 17 heavy (non-hydrogen) atoms. The smallest absolute Gasteiger partial charge is 0.244 e. The number of aromatic nitrogens is 2. The minimum Gasteiger partial charge on any atom is -0.409 e. The third-order valence-corrected chi connectivity index (χ3v) is 4.09. The van der Waals surface area contributed by atoms with E-state index in [2.05, 4.69) is 20.1 Å². The Morgan fingerprint density at radius 1 is 1.76 bits per heavy atom. The lowest BCUT2D eigenvalue weighted by molar-refractivity contribution is 0.310. The molecule has 0 saturated carbocycles. The highest BCUT2D eigenvalue weighted by Crippen LogP contribution is 2.15. The van der Waals surface area contributed by atoms with E-state index >= 15 is 0 Å². The van der Waals surface area contributed by atoms with Crippen LogP contribution in [0.3, 0.4) is 0 Å². The molecule has 1 aromatic rings.